The smallest absolute Gasteiger partial charge is 0.273 e. The van der Waals surface area contributed by atoms with E-state index in [9.17, 15) is 14.4 Å². The number of thiazole rings is 1. The summed E-state index contributed by atoms with van der Waals surface area (Å²) in [5.41, 5.74) is 2.69. The summed E-state index contributed by atoms with van der Waals surface area (Å²) < 4.78 is 1.41. The van der Waals surface area contributed by atoms with E-state index in [-0.39, 0.29) is 15.9 Å². The van der Waals surface area contributed by atoms with Gasteiger partial charge in [0.2, 0.25) is 5.91 Å². The van der Waals surface area contributed by atoms with Crippen molar-refractivity contribution in [2.75, 3.05) is 9.96 Å². The Bertz CT molecular complexity index is 1540. The zero-order valence-electron chi connectivity index (χ0n) is 19.1. The topological polar surface area (TPSA) is 71.8 Å². The lowest BCUT2D eigenvalue weighted by molar-refractivity contribution is -0.126. The van der Waals surface area contributed by atoms with Gasteiger partial charge in [-0.1, -0.05) is 71.5 Å². The van der Waals surface area contributed by atoms with E-state index >= 15 is 0 Å². The van der Waals surface area contributed by atoms with E-state index in [1.807, 2.05) is 61.5 Å². The number of benzene rings is 3. The van der Waals surface area contributed by atoms with Gasteiger partial charge in [0, 0.05) is 0 Å². The number of hydroxylamine groups is 1. The molecule has 2 fully saturated rings. The number of hydrogen-bond acceptors (Lipinski definition) is 6. The zero-order chi connectivity index (χ0) is 25.0. The Morgan fingerprint density at radius 1 is 0.806 bits per heavy atom. The second kappa shape index (κ2) is 8.74. The molecule has 2 saturated heterocycles. The summed E-state index contributed by atoms with van der Waals surface area (Å²) in [5.74, 6) is -1.70. The Hall–Kier alpha value is -3.72. The molecule has 3 atom stereocenters. The van der Waals surface area contributed by atoms with Crippen molar-refractivity contribution in [3.05, 3.63) is 110 Å². The van der Waals surface area contributed by atoms with Gasteiger partial charge in [0.05, 0.1) is 21.9 Å². The number of rotatable bonds is 4. The molecule has 0 N–H and O–H groups in total. The number of amides is 2. The van der Waals surface area contributed by atoms with E-state index < -0.39 is 24.0 Å². The van der Waals surface area contributed by atoms with Crippen LogP contribution in [0, 0.1) is 12.8 Å². The lowest BCUT2D eigenvalue weighted by atomic mass is 9.95. The van der Waals surface area contributed by atoms with Crippen molar-refractivity contribution in [1.82, 2.24) is 4.57 Å². The molecule has 7 nitrogen and oxygen atoms in total. The number of halogens is 1. The molecule has 2 aliphatic heterocycles. The summed E-state index contributed by atoms with van der Waals surface area (Å²) in [4.78, 5) is 47.9. The number of para-hydroxylation sites is 2. The van der Waals surface area contributed by atoms with Crippen LogP contribution in [0.15, 0.2) is 89.7 Å². The first-order valence-electron chi connectivity index (χ1n) is 11.4. The van der Waals surface area contributed by atoms with Crippen LogP contribution in [0.5, 0.6) is 0 Å². The molecule has 180 valence electrons. The first-order valence-corrected chi connectivity index (χ1v) is 12.6. The van der Waals surface area contributed by atoms with Gasteiger partial charge < -0.3 is 0 Å². The zero-order valence-corrected chi connectivity index (χ0v) is 20.6. The predicted molar refractivity (Wildman–Crippen MR) is 139 cm³/mol. The molecule has 0 spiro atoms. The van der Waals surface area contributed by atoms with E-state index in [1.165, 1.54) is 9.47 Å². The maximum Gasteiger partial charge on any atom is 0.313 e. The third-order valence-electron chi connectivity index (χ3n) is 6.45. The van der Waals surface area contributed by atoms with Crippen molar-refractivity contribution in [2.45, 2.75) is 19.1 Å². The van der Waals surface area contributed by atoms with Crippen LogP contribution in [0.25, 0.3) is 5.69 Å². The monoisotopic (exact) mass is 517 g/mol. The summed E-state index contributed by atoms with van der Waals surface area (Å²) in [6, 6.07) is 24.7. The SMILES string of the molecule is Cc1cccc(N2C(=O)[C@@H]3[C@H](ON(c4ccccc4)[C@H]3c3sc(=O)n(-c4ccccc4)c3Cl)C2=O)c1. The Morgan fingerprint density at radius 3 is 2.11 bits per heavy atom. The third-order valence-corrected chi connectivity index (χ3v) is 7.95. The van der Waals surface area contributed by atoms with Crippen molar-refractivity contribution in [1.29, 1.82) is 0 Å². The number of aromatic nitrogens is 1. The Kier molecular flexibility index (Phi) is 5.52. The standard InChI is InChI=1S/C27H20ClN3O4S/c1-16-9-8-14-19(15-16)30-25(32)20-21(31(35-22(20)26(30)33)18-12-6-3-7-13-18)23-24(28)29(27(34)36-23)17-10-4-2-5-11-17/h2-15,20-22H,1H3/t20-,21+,22-/m0/s1. The second-order valence-corrected chi connectivity index (χ2v) is 10.1. The summed E-state index contributed by atoms with van der Waals surface area (Å²) in [5, 5.41) is 1.74. The molecule has 0 bridgehead atoms. The molecule has 36 heavy (non-hydrogen) atoms. The molecule has 1 aromatic heterocycles. The van der Waals surface area contributed by atoms with E-state index in [0.29, 0.717) is 21.9 Å². The van der Waals surface area contributed by atoms with E-state index in [4.69, 9.17) is 16.4 Å². The minimum atomic E-state index is -1.04. The first kappa shape index (κ1) is 22.7. The Labute approximate surface area is 215 Å². The van der Waals surface area contributed by atoms with Gasteiger partial charge in [0.25, 0.3) is 5.91 Å². The van der Waals surface area contributed by atoms with Gasteiger partial charge in [-0.15, -0.1) is 0 Å². The maximum atomic E-state index is 13.8. The third kappa shape index (κ3) is 3.49. The Morgan fingerprint density at radius 2 is 1.44 bits per heavy atom. The first-order chi connectivity index (χ1) is 17.5. The molecule has 0 radical (unpaired) electrons. The highest BCUT2D eigenvalue weighted by Gasteiger charge is 2.61. The lowest BCUT2D eigenvalue weighted by Gasteiger charge is -2.28. The average Bonchev–Trinajstić information content (AvgIpc) is 3.49. The molecule has 3 aromatic carbocycles. The fourth-order valence-electron chi connectivity index (χ4n) is 4.85. The number of carbonyl (C=O) groups is 2. The number of anilines is 2. The molecule has 0 aliphatic carbocycles. The van der Waals surface area contributed by atoms with Crippen LogP contribution in [0.4, 0.5) is 11.4 Å². The number of aryl methyl sites for hydroxylation is 1. The van der Waals surface area contributed by atoms with E-state index in [1.54, 1.807) is 35.4 Å². The number of imide groups is 1. The number of carbonyl (C=O) groups excluding carboxylic acids is 2. The highest BCUT2D eigenvalue weighted by molar-refractivity contribution is 7.10. The summed E-state index contributed by atoms with van der Waals surface area (Å²) >= 11 is 7.78. The highest BCUT2D eigenvalue weighted by Crippen LogP contribution is 2.50. The van der Waals surface area contributed by atoms with Gasteiger partial charge >= 0.3 is 4.87 Å². The fraction of sp³-hybridized carbons (Fsp3) is 0.148. The second-order valence-electron chi connectivity index (χ2n) is 8.70. The molecule has 4 aromatic rings. The van der Waals surface area contributed by atoms with Crippen molar-refractivity contribution in [2.24, 2.45) is 5.92 Å². The predicted octanol–water partition coefficient (Wildman–Crippen LogP) is 4.91. The van der Waals surface area contributed by atoms with Gasteiger partial charge in [-0.25, -0.2) is 9.96 Å². The van der Waals surface area contributed by atoms with Gasteiger partial charge in [0.1, 0.15) is 17.1 Å². The highest BCUT2D eigenvalue weighted by atomic mass is 35.5. The molecular weight excluding hydrogens is 498 g/mol. The molecular formula is C27H20ClN3O4S. The Balaban J connectivity index is 1.49. The molecule has 3 heterocycles. The minimum absolute atomic E-state index is 0.195. The average molecular weight is 518 g/mol. The quantitative estimate of drug-likeness (QED) is 0.360. The molecule has 2 aliphatic rings. The van der Waals surface area contributed by atoms with Crippen LogP contribution in [-0.4, -0.2) is 22.5 Å². The van der Waals surface area contributed by atoms with Crippen LogP contribution in [-0.2, 0) is 14.4 Å². The van der Waals surface area contributed by atoms with Gasteiger partial charge in [-0.05, 0) is 48.9 Å². The van der Waals surface area contributed by atoms with Crippen LogP contribution >= 0.6 is 22.9 Å². The van der Waals surface area contributed by atoms with Crippen molar-refractivity contribution in [3.8, 4) is 5.69 Å². The molecule has 9 heteroatoms. The van der Waals surface area contributed by atoms with Crippen molar-refractivity contribution >= 4 is 46.1 Å². The van der Waals surface area contributed by atoms with Crippen LogP contribution in [0.2, 0.25) is 5.15 Å². The maximum absolute atomic E-state index is 13.8. The number of nitrogens with zero attached hydrogens (tertiary/aromatic N) is 3. The fourth-order valence-corrected chi connectivity index (χ4v) is 6.32. The molecule has 2 amide bonds. The van der Waals surface area contributed by atoms with Crippen LogP contribution < -0.4 is 14.8 Å². The molecule has 0 saturated carbocycles. The lowest BCUT2D eigenvalue weighted by Crippen LogP contribution is -2.37. The molecule has 6 rings (SSSR count). The van der Waals surface area contributed by atoms with Gasteiger partial charge in [-0.3, -0.25) is 23.8 Å². The summed E-state index contributed by atoms with van der Waals surface area (Å²) in [7, 11) is 0. The van der Waals surface area contributed by atoms with Crippen LogP contribution in [0.3, 0.4) is 0 Å². The van der Waals surface area contributed by atoms with E-state index in [2.05, 4.69) is 0 Å². The molecule has 0 unspecified atom stereocenters. The minimum Gasteiger partial charge on any atom is -0.273 e. The van der Waals surface area contributed by atoms with Crippen molar-refractivity contribution in [3.63, 3.8) is 0 Å². The number of fused-ring (bicyclic) bond motifs is 1. The summed E-state index contributed by atoms with van der Waals surface area (Å²) in [6.45, 7) is 1.90. The van der Waals surface area contributed by atoms with E-state index in [0.717, 1.165) is 16.9 Å². The summed E-state index contributed by atoms with van der Waals surface area (Å²) in [6.07, 6.45) is -1.04. The largest absolute Gasteiger partial charge is 0.313 e. The number of hydrogen-bond donors (Lipinski definition) is 0. The normalized spacial score (nSPS) is 21.3. The van der Waals surface area contributed by atoms with Crippen molar-refractivity contribution < 1.29 is 14.4 Å². The van der Waals surface area contributed by atoms with Gasteiger partial charge in [-0.2, -0.15) is 0 Å². The van der Waals surface area contributed by atoms with Gasteiger partial charge in [0.15, 0.2) is 6.10 Å². The van der Waals surface area contributed by atoms with Crippen LogP contribution in [0.1, 0.15) is 16.5 Å².